The first-order valence-electron chi connectivity index (χ1n) is 7.41. The Morgan fingerprint density at radius 3 is 2.71 bits per heavy atom. The molecule has 3 rings (SSSR count). The lowest BCUT2D eigenvalue weighted by molar-refractivity contribution is -0.200. The van der Waals surface area contributed by atoms with E-state index < -0.39 is 47.4 Å². The summed E-state index contributed by atoms with van der Waals surface area (Å²) < 4.78 is 18.2. The van der Waals surface area contributed by atoms with Crippen molar-refractivity contribution < 1.29 is 24.1 Å². The third-order valence-electron chi connectivity index (χ3n) is 4.00. The smallest absolute Gasteiger partial charge is 0.330 e. The van der Waals surface area contributed by atoms with Crippen LogP contribution in [-0.2, 0) is 14.2 Å². The lowest BCUT2D eigenvalue weighted by Gasteiger charge is -2.24. The number of carbonyl (C=O) groups is 1. The Morgan fingerprint density at radius 2 is 2.08 bits per heavy atom. The molecule has 0 amide bonds. The number of hydrogen-bond donors (Lipinski definition) is 2. The minimum absolute atomic E-state index is 0.240. The molecule has 3 heterocycles. The molecule has 0 aliphatic carbocycles. The lowest BCUT2D eigenvalue weighted by Crippen LogP contribution is -2.39. The Kier molecular flexibility index (Phi) is 4.04. The molecule has 0 aromatic carbocycles. The standard InChI is InChI=1S/C15H18N2O7/c1-4-8(19)7-5-17(14(21)16-12(7)20)13-11-10(9(6-18)22-13)23-15(2,3)24-11/h4-5,9-11,13,18H,1,6H2,2-3H3,(H,16,20,21)/t9-,10-,11-,13?/m1/s1. The lowest BCUT2D eigenvalue weighted by atomic mass is 10.1. The first kappa shape index (κ1) is 16.8. The second-order valence-electron chi connectivity index (χ2n) is 6.09. The number of H-pyrrole nitrogens is 1. The highest BCUT2D eigenvalue weighted by atomic mass is 16.8. The number of ketones is 1. The van der Waals surface area contributed by atoms with Crippen LogP contribution in [0.1, 0.15) is 30.4 Å². The molecule has 24 heavy (non-hydrogen) atoms. The maximum absolute atomic E-state index is 12.2. The summed E-state index contributed by atoms with van der Waals surface area (Å²) >= 11 is 0. The van der Waals surface area contributed by atoms with Crippen molar-refractivity contribution in [2.24, 2.45) is 0 Å². The van der Waals surface area contributed by atoms with Crippen LogP contribution in [-0.4, -0.2) is 51.1 Å². The summed E-state index contributed by atoms with van der Waals surface area (Å²) in [5.74, 6) is -1.53. The van der Waals surface area contributed by atoms with Gasteiger partial charge in [0.15, 0.2) is 17.8 Å². The van der Waals surface area contributed by atoms with Gasteiger partial charge in [-0.25, -0.2) is 4.79 Å². The molecule has 1 aromatic rings. The molecule has 4 atom stereocenters. The number of aliphatic hydroxyl groups excluding tert-OH is 1. The highest BCUT2D eigenvalue weighted by Gasteiger charge is 2.55. The van der Waals surface area contributed by atoms with Gasteiger partial charge < -0.3 is 19.3 Å². The number of hydrogen-bond acceptors (Lipinski definition) is 7. The number of allylic oxidation sites excluding steroid dienone is 1. The summed E-state index contributed by atoms with van der Waals surface area (Å²) in [6.07, 6.45) is -0.804. The number of aromatic nitrogens is 2. The Hall–Kier alpha value is -2.07. The number of nitrogens with one attached hydrogen (secondary N) is 1. The van der Waals surface area contributed by atoms with E-state index in [1.165, 1.54) is 0 Å². The zero-order valence-electron chi connectivity index (χ0n) is 13.2. The van der Waals surface area contributed by atoms with Crippen molar-refractivity contribution in [3.8, 4) is 0 Å². The second kappa shape index (κ2) is 5.78. The topological polar surface area (TPSA) is 120 Å². The molecule has 2 aliphatic rings. The largest absolute Gasteiger partial charge is 0.394 e. The van der Waals surface area contributed by atoms with Gasteiger partial charge in [-0.05, 0) is 19.9 Å². The van der Waals surface area contributed by atoms with Crippen molar-refractivity contribution in [1.29, 1.82) is 0 Å². The van der Waals surface area contributed by atoms with Gasteiger partial charge in [-0.1, -0.05) is 6.58 Å². The van der Waals surface area contributed by atoms with Crippen LogP contribution >= 0.6 is 0 Å². The van der Waals surface area contributed by atoms with Gasteiger partial charge in [-0.3, -0.25) is 19.1 Å². The number of ether oxygens (including phenoxy) is 3. The van der Waals surface area contributed by atoms with Crippen molar-refractivity contribution in [2.45, 2.75) is 44.2 Å². The zero-order chi connectivity index (χ0) is 17.6. The maximum atomic E-state index is 12.2. The van der Waals surface area contributed by atoms with Crippen LogP contribution in [0.15, 0.2) is 28.4 Å². The Balaban J connectivity index is 2.05. The van der Waals surface area contributed by atoms with Gasteiger partial charge in [0, 0.05) is 6.20 Å². The van der Waals surface area contributed by atoms with E-state index in [1.54, 1.807) is 13.8 Å². The Labute approximate surface area is 136 Å². The van der Waals surface area contributed by atoms with Gasteiger partial charge >= 0.3 is 5.69 Å². The van der Waals surface area contributed by atoms with E-state index in [1.807, 2.05) is 0 Å². The first-order valence-corrected chi connectivity index (χ1v) is 7.41. The molecule has 1 aromatic heterocycles. The van der Waals surface area contributed by atoms with E-state index >= 15 is 0 Å². The number of aromatic amines is 1. The summed E-state index contributed by atoms with van der Waals surface area (Å²) in [4.78, 5) is 37.8. The van der Waals surface area contributed by atoms with Gasteiger partial charge in [0.2, 0.25) is 0 Å². The molecule has 0 saturated carbocycles. The second-order valence-corrected chi connectivity index (χ2v) is 6.09. The Morgan fingerprint density at radius 1 is 1.42 bits per heavy atom. The average Bonchev–Trinajstić information content (AvgIpc) is 3.00. The number of aliphatic hydroxyl groups is 1. The predicted octanol–water partition coefficient (Wildman–Crippen LogP) is -0.685. The first-order chi connectivity index (χ1) is 11.3. The number of fused-ring (bicyclic) bond motifs is 1. The SMILES string of the molecule is C=CC(=O)c1cn(C2O[C@H](CO)[C@H]3OC(C)(C)O[C@@H]23)c(=O)[nH]c1=O. The van der Waals surface area contributed by atoms with Crippen molar-refractivity contribution in [3.63, 3.8) is 0 Å². The van der Waals surface area contributed by atoms with E-state index in [-0.39, 0.29) is 12.2 Å². The fourth-order valence-corrected chi connectivity index (χ4v) is 2.99. The van der Waals surface area contributed by atoms with Crippen LogP contribution in [0.5, 0.6) is 0 Å². The highest BCUT2D eigenvalue weighted by Crippen LogP contribution is 2.42. The fourth-order valence-electron chi connectivity index (χ4n) is 2.99. The molecule has 2 aliphatic heterocycles. The summed E-state index contributed by atoms with van der Waals surface area (Å²) in [6, 6.07) is 0. The van der Waals surface area contributed by atoms with Crippen molar-refractivity contribution in [2.75, 3.05) is 6.61 Å². The van der Waals surface area contributed by atoms with Crippen LogP contribution in [0.25, 0.3) is 0 Å². The molecule has 2 saturated heterocycles. The number of rotatable bonds is 4. The maximum Gasteiger partial charge on any atom is 0.330 e. The molecular weight excluding hydrogens is 320 g/mol. The number of nitrogens with zero attached hydrogens (tertiary/aromatic N) is 1. The minimum atomic E-state index is -0.949. The highest BCUT2D eigenvalue weighted by molar-refractivity contribution is 6.03. The Bertz CT molecular complexity index is 794. The molecule has 0 radical (unpaired) electrons. The summed E-state index contributed by atoms with van der Waals surface area (Å²) in [6.45, 7) is 6.42. The molecule has 2 fully saturated rings. The third-order valence-corrected chi connectivity index (χ3v) is 4.00. The molecule has 9 heteroatoms. The average molecular weight is 338 g/mol. The normalized spacial score (nSPS) is 31.0. The minimum Gasteiger partial charge on any atom is -0.394 e. The van der Waals surface area contributed by atoms with Gasteiger partial charge in [0.1, 0.15) is 23.9 Å². The van der Waals surface area contributed by atoms with E-state index in [0.29, 0.717) is 0 Å². The third kappa shape index (κ3) is 2.65. The van der Waals surface area contributed by atoms with Crippen LogP contribution in [0.3, 0.4) is 0 Å². The summed E-state index contributed by atoms with van der Waals surface area (Å²) in [5, 5.41) is 9.47. The van der Waals surface area contributed by atoms with E-state index in [0.717, 1.165) is 16.8 Å². The van der Waals surface area contributed by atoms with Crippen LogP contribution < -0.4 is 11.2 Å². The molecule has 9 nitrogen and oxygen atoms in total. The van der Waals surface area contributed by atoms with Crippen molar-refractivity contribution in [1.82, 2.24) is 9.55 Å². The van der Waals surface area contributed by atoms with Gasteiger partial charge in [0.05, 0.1) is 6.61 Å². The molecule has 0 spiro atoms. The molecule has 1 unspecified atom stereocenters. The zero-order valence-corrected chi connectivity index (χ0v) is 13.2. The van der Waals surface area contributed by atoms with E-state index in [4.69, 9.17) is 14.2 Å². The molecule has 130 valence electrons. The summed E-state index contributed by atoms with van der Waals surface area (Å²) in [5.41, 5.74) is -1.80. The van der Waals surface area contributed by atoms with Crippen LogP contribution in [0, 0.1) is 0 Å². The van der Waals surface area contributed by atoms with Crippen LogP contribution in [0.4, 0.5) is 0 Å². The monoisotopic (exact) mass is 338 g/mol. The van der Waals surface area contributed by atoms with E-state index in [2.05, 4.69) is 11.6 Å². The van der Waals surface area contributed by atoms with Crippen molar-refractivity contribution in [3.05, 3.63) is 45.3 Å². The molecule has 2 N–H and O–H groups in total. The fraction of sp³-hybridized carbons (Fsp3) is 0.533. The van der Waals surface area contributed by atoms with Gasteiger partial charge in [-0.2, -0.15) is 0 Å². The number of carbonyl (C=O) groups excluding carboxylic acids is 1. The predicted molar refractivity (Wildman–Crippen MR) is 80.7 cm³/mol. The molecule has 0 bridgehead atoms. The quantitative estimate of drug-likeness (QED) is 0.551. The molecular formula is C15H18N2O7. The van der Waals surface area contributed by atoms with E-state index in [9.17, 15) is 19.5 Å². The van der Waals surface area contributed by atoms with Crippen molar-refractivity contribution >= 4 is 5.78 Å². The van der Waals surface area contributed by atoms with Gasteiger partial charge in [0.25, 0.3) is 5.56 Å². The summed E-state index contributed by atoms with van der Waals surface area (Å²) in [7, 11) is 0. The van der Waals surface area contributed by atoms with Crippen LogP contribution in [0.2, 0.25) is 0 Å². The van der Waals surface area contributed by atoms with Gasteiger partial charge in [-0.15, -0.1) is 0 Å².